The molecule has 1 saturated heterocycles. The van der Waals surface area contributed by atoms with Crippen molar-refractivity contribution in [2.45, 2.75) is 6.92 Å². The zero-order valence-corrected chi connectivity index (χ0v) is 16.4. The number of carbonyl (C=O) groups excluding carboxylic acids is 1. The summed E-state index contributed by atoms with van der Waals surface area (Å²) in [6.45, 7) is 3.79. The van der Waals surface area contributed by atoms with E-state index in [1.165, 1.54) is 4.80 Å². The minimum absolute atomic E-state index is 0.0787. The molecular formula is C20H22N6O3. The van der Waals surface area contributed by atoms with Crippen LogP contribution in [0.4, 0.5) is 5.82 Å². The standard InChI is InChI=1S/C20H22N6O3/c1-15-3-4-18(26-22-7-8-23-26)17(13-15)20(27)24-9-10-25(29-12-11-24)19-14-16(28-2)5-6-21-19/h3-8,13-14H,9-12H2,1-2H3. The van der Waals surface area contributed by atoms with Crippen LogP contribution in [0.3, 0.4) is 0 Å². The Labute approximate surface area is 168 Å². The Morgan fingerprint density at radius 1 is 1.07 bits per heavy atom. The molecule has 0 radical (unpaired) electrons. The number of rotatable bonds is 4. The Balaban J connectivity index is 1.54. The normalized spacial score (nSPS) is 14.6. The topological polar surface area (TPSA) is 85.6 Å². The molecule has 3 heterocycles. The molecule has 4 rings (SSSR count). The number of methoxy groups -OCH3 is 1. The van der Waals surface area contributed by atoms with Gasteiger partial charge in [0.1, 0.15) is 5.75 Å². The number of aryl methyl sites for hydroxylation is 1. The van der Waals surface area contributed by atoms with Crippen LogP contribution >= 0.6 is 0 Å². The van der Waals surface area contributed by atoms with Crippen molar-refractivity contribution in [2.75, 3.05) is 38.4 Å². The van der Waals surface area contributed by atoms with E-state index in [0.29, 0.717) is 49.1 Å². The lowest BCUT2D eigenvalue weighted by Crippen LogP contribution is -2.36. The van der Waals surface area contributed by atoms with Gasteiger partial charge >= 0.3 is 0 Å². The molecule has 1 aliphatic rings. The first-order valence-electron chi connectivity index (χ1n) is 9.33. The smallest absolute Gasteiger partial charge is 0.256 e. The van der Waals surface area contributed by atoms with Gasteiger partial charge in [0, 0.05) is 25.4 Å². The Kier molecular flexibility index (Phi) is 5.39. The Hall–Kier alpha value is -3.46. The Morgan fingerprint density at radius 3 is 2.69 bits per heavy atom. The number of pyridine rings is 1. The molecular weight excluding hydrogens is 372 g/mol. The van der Waals surface area contributed by atoms with Crippen molar-refractivity contribution in [2.24, 2.45) is 0 Å². The fourth-order valence-electron chi connectivity index (χ4n) is 3.20. The predicted molar refractivity (Wildman–Crippen MR) is 106 cm³/mol. The number of anilines is 1. The van der Waals surface area contributed by atoms with Gasteiger partial charge in [-0.05, 0) is 25.1 Å². The summed E-state index contributed by atoms with van der Waals surface area (Å²) in [7, 11) is 1.61. The highest BCUT2D eigenvalue weighted by Gasteiger charge is 2.24. The quantitative estimate of drug-likeness (QED) is 0.668. The molecule has 1 fully saturated rings. The molecule has 1 aliphatic heterocycles. The van der Waals surface area contributed by atoms with Crippen LogP contribution in [0.2, 0.25) is 0 Å². The van der Waals surface area contributed by atoms with Crippen LogP contribution in [0.25, 0.3) is 5.69 Å². The molecule has 9 nitrogen and oxygen atoms in total. The van der Waals surface area contributed by atoms with Gasteiger partial charge in [0.2, 0.25) is 0 Å². The summed E-state index contributed by atoms with van der Waals surface area (Å²) < 4.78 is 5.25. The lowest BCUT2D eigenvalue weighted by atomic mass is 10.1. The van der Waals surface area contributed by atoms with Crippen molar-refractivity contribution in [3.05, 3.63) is 60.0 Å². The maximum atomic E-state index is 13.3. The molecule has 29 heavy (non-hydrogen) atoms. The van der Waals surface area contributed by atoms with Gasteiger partial charge in [-0.15, -0.1) is 0 Å². The molecule has 0 unspecified atom stereocenters. The molecule has 0 saturated carbocycles. The molecule has 0 atom stereocenters. The molecule has 0 aliphatic carbocycles. The fraction of sp³-hybridized carbons (Fsp3) is 0.300. The molecule has 0 spiro atoms. The molecule has 1 amide bonds. The van der Waals surface area contributed by atoms with Gasteiger partial charge in [-0.1, -0.05) is 11.6 Å². The number of hydrogen-bond acceptors (Lipinski definition) is 7. The number of ether oxygens (including phenoxy) is 1. The van der Waals surface area contributed by atoms with Crippen molar-refractivity contribution in [3.8, 4) is 11.4 Å². The summed E-state index contributed by atoms with van der Waals surface area (Å²) >= 11 is 0. The number of nitrogens with zero attached hydrogens (tertiary/aromatic N) is 6. The van der Waals surface area contributed by atoms with Crippen molar-refractivity contribution in [1.29, 1.82) is 0 Å². The number of aromatic nitrogens is 4. The number of amides is 1. The number of benzene rings is 1. The van der Waals surface area contributed by atoms with E-state index < -0.39 is 0 Å². The largest absolute Gasteiger partial charge is 0.497 e. The highest BCUT2D eigenvalue weighted by atomic mass is 16.7. The third kappa shape index (κ3) is 4.04. The average Bonchev–Trinajstić information content (AvgIpc) is 3.17. The van der Waals surface area contributed by atoms with Crippen molar-refractivity contribution >= 4 is 11.7 Å². The molecule has 9 heteroatoms. The first kappa shape index (κ1) is 18.9. The highest BCUT2D eigenvalue weighted by Crippen LogP contribution is 2.21. The van der Waals surface area contributed by atoms with Crippen LogP contribution in [0.15, 0.2) is 48.9 Å². The summed E-state index contributed by atoms with van der Waals surface area (Å²) in [5.41, 5.74) is 2.22. The monoisotopic (exact) mass is 394 g/mol. The van der Waals surface area contributed by atoms with Crippen LogP contribution in [-0.4, -0.2) is 64.1 Å². The predicted octanol–water partition coefficient (Wildman–Crippen LogP) is 1.87. The molecule has 150 valence electrons. The zero-order chi connectivity index (χ0) is 20.2. The van der Waals surface area contributed by atoms with Gasteiger partial charge in [0.15, 0.2) is 5.82 Å². The summed E-state index contributed by atoms with van der Waals surface area (Å²) in [4.78, 5) is 26.7. The van der Waals surface area contributed by atoms with Gasteiger partial charge in [-0.3, -0.25) is 9.63 Å². The van der Waals surface area contributed by atoms with Crippen molar-refractivity contribution in [1.82, 2.24) is 24.9 Å². The van der Waals surface area contributed by atoms with Crippen molar-refractivity contribution in [3.63, 3.8) is 0 Å². The zero-order valence-electron chi connectivity index (χ0n) is 16.4. The maximum Gasteiger partial charge on any atom is 0.256 e. The average molecular weight is 394 g/mol. The lowest BCUT2D eigenvalue weighted by molar-refractivity contribution is 0.0730. The molecule has 0 N–H and O–H groups in total. The number of hydrogen-bond donors (Lipinski definition) is 0. The van der Waals surface area contributed by atoms with E-state index in [9.17, 15) is 4.79 Å². The van der Waals surface area contributed by atoms with E-state index in [1.54, 1.807) is 47.8 Å². The SMILES string of the molecule is COc1ccnc(N2CCN(C(=O)c3cc(C)ccc3-n3nccn3)CCO2)c1. The van der Waals surface area contributed by atoms with Crippen LogP contribution in [0, 0.1) is 6.92 Å². The van der Waals surface area contributed by atoms with Gasteiger partial charge in [-0.25, -0.2) is 10.0 Å². The third-order valence-electron chi connectivity index (χ3n) is 4.69. The fourth-order valence-corrected chi connectivity index (χ4v) is 3.20. The van der Waals surface area contributed by atoms with Crippen LogP contribution < -0.4 is 9.80 Å². The van der Waals surface area contributed by atoms with E-state index >= 15 is 0 Å². The third-order valence-corrected chi connectivity index (χ3v) is 4.69. The molecule has 0 bridgehead atoms. The minimum Gasteiger partial charge on any atom is -0.497 e. The lowest BCUT2D eigenvalue weighted by Gasteiger charge is -2.22. The summed E-state index contributed by atoms with van der Waals surface area (Å²) in [5, 5.41) is 10.0. The second kappa shape index (κ2) is 8.27. The van der Waals surface area contributed by atoms with E-state index in [0.717, 1.165) is 5.56 Å². The van der Waals surface area contributed by atoms with Gasteiger partial charge in [0.25, 0.3) is 5.91 Å². The molecule has 2 aromatic heterocycles. The Morgan fingerprint density at radius 2 is 1.90 bits per heavy atom. The summed E-state index contributed by atoms with van der Waals surface area (Å²) in [6.07, 6.45) is 4.85. The first-order chi connectivity index (χ1) is 14.2. The summed E-state index contributed by atoms with van der Waals surface area (Å²) in [6, 6.07) is 9.26. The van der Waals surface area contributed by atoms with Gasteiger partial charge in [0.05, 0.1) is 43.9 Å². The van der Waals surface area contributed by atoms with E-state index in [1.807, 2.05) is 25.1 Å². The second-order valence-electron chi connectivity index (χ2n) is 6.62. The van der Waals surface area contributed by atoms with Gasteiger partial charge < -0.3 is 9.64 Å². The van der Waals surface area contributed by atoms with Crippen molar-refractivity contribution < 1.29 is 14.4 Å². The highest BCUT2D eigenvalue weighted by molar-refractivity contribution is 5.98. The van der Waals surface area contributed by atoms with E-state index in [2.05, 4.69) is 15.2 Å². The second-order valence-corrected chi connectivity index (χ2v) is 6.62. The summed E-state index contributed by atoms with van der Waals surface area (Å²) in [5.74, 6) is 1.27. The Bertz CT molecular complexity index is 992. The molecule has 1 aromatic carbocycles. The number of hydroxylamine groups is 1. The van der Waals surface area contributed by atoms with Crippen LogP contribution in [0.5, 0.6) is 5.75 Å². The minimum atomic E-state index is -0.0787. The first-order valence-corrected chi connectivity index (χ1v) is 9.33. The van der Waals surface area contributed by atoms with E-state index in [4.69, 9.17) is 9.57 Å². The van der Waals surface area contributed by atoms with Crippen LogP contribution in [0.1, 0.15) is 15.9 Å². The van der Waals surface area contributed by atoms with E-state index in [-0.39, 0.29) is 5.91 Å². The number of carbonyl (C=O) groups is 1. The van der Waals surface area contributed by atoms with Gasteiger partial charge in [-0.2, -0.15) is 15.0 Å². The maximum absolute atomic E-state index is 13.3. The molecule has 3 aromatic rings. The van der Waals surface area contributed by atoms with Crippen LogP contribution in [-0.2, 0) is 4.84 Å².